The van der Waals surface area contributed by atoms with Crippen LogP contribution in [-0.4, -0.2) is 40.2 Å². The quantitative estimate of drug-likeness (QED) is 0.317. The van der Waals surface area contributed by atoms with Gasteiger partial charge in [0.2, 0.25) is 5.91 Å². The zero-order valence-electron chi connectivity index (χ0n) is 16.7. The molecule has 2 aromatic rings. The molecule has 0 radical (unpaired) electrons. The predicted octanol–water partition coefficient (Wildman–Crippen LogP) is 2.16. The molecule has 1 aromatic heterocycles. The van der Waals surface area contributed by atoms with Crippen molar-refractivity contribution in [3.8, 4) is 0 Å². The zero-order chi connectivity index (χ0) is 21.8. The summed E-state index contributed by atoms with van der Waals surface area (Å²) in [7, 11) is 0. The number of carbonyl (C=O) groups is 3. The lowest BCUT2D eigenvalue weighted by molar-refractivity contribution is -0.135. The molecule has 4 N–H and O–H groups in total. The van der Waals surface area contributed by atoms with Crippen molar-refractivity contribution >= 4 is 29.2 Å². The van der Waals surface area contributed by atoms with E-state index in [1.54, 1.807) is 16.4 Å². The summed E-state index contributed by atoms with van der Waals surface area (Å²) in [5.74, 6) is -1.30. The van der Waals surface area contributed by atoms with E-state index in [9.17, 15) is 14.4 Å². The van der Waals surface area contributed by atoms with Crippen molar-refractivity contribution in [1.82, 2.24) is 21.1 Å². The summed E-state index contributed by atoms with van der Waals surface area (Å²) in [6.45, 7) is 2.04. The van der Waals surface area contributed by atoms with Crippen LogP contribution in [-0.2, 0) is 27.4 Å². The van der Waals surface area contributed by atoms with Gasteiger partial charge >= 0.3 is 6.09 Å². The third kappa shape index (κ3) is 7.80. The Morgan fingerprint density at radius 3 is 2.53 bits per heavy atom. The van der Waals surface area contributed by atoms with Crippen LogP contribution in [0.2, 0.25) is 0 Å². The second-order valence-corrected chi connectivity index (χ2v) is 7.34. The Kier molecular flexibility index (Phi) is 9.75. The number of nitrogens with one attached hydrogen (secondary N) is 3. The van der Waals surface area contributed by atoms with Crippen LogP contribution in [0.1, 0.15) is 37.4 Å². The Bertz CT molecular complexity index is 801. The van der Waals surface area contributed by atoms with Crippen LogP contribution in [0.25, 0.3) is 0 Å². The fraction of sp³-hybridized carbons (Fsp3) is 0.400. The minimum absolute atomic E-state index is 0.0775. The number of benzene rings is 1. The SMILES string of the molecule is CCCCC(NC(=O)OCc1ccccc1)C(=O)NC(Cc1cscn1)C(=O)NO. The van der Waals surface area contributed by atoms with Crippen LogP contribution in [0.5, 0.6) is 0 Å². The number of nitrogens with zero attached hydrogens (tertiary/aromatic N) is 1. The molecule has 1 aromatic carbocycles. The van der Waals surface area contributed by atoms with E-state index in [0.29, 0.717) is 18.5 Å². The lowest BCUT2D eigenvalue weighted by Crippen LogP contribution is -2.54. The number of hydroxylamine groups is 1. The van der Waals surface area contributed by atoms with Crippen molar-refractivity contribution in [3.63, 3.8) is 0 Å². The molecule has 162 valence electrons. The molecule has 0 saturated heterocycles. The third-order valence-electron chi connectivity index (χ3n) is 4.31. The minimum Gasteiger partial charge on any atom is -0.445 e. The number of hydrogen-bond donors (Lipinski definition) is 4. The molecular formula is C20H26N4O5S. The smallest absolute Gasteiger partial charge is 0.408 e. The maximum Gasteiger partial charge on any atom is 0.408 e. The van der Waals surface area contributed by atoms with Gasteiger partial charge in [0.15, 0.2) is 0 Å². The van der Waals surface area contributed by atoms with Gasteiger partial charge in [-0.25, -0.2) is 15.3 Å². The summed E-state index contributed by atoms with van der Waals surface area (Å²) in [6.07, 6.45) is 1.29. The maximum absolute atomic E-state index is 12.8. The van der Waals surface area contributed by atoms with Gasteiger partial charge in [-0.1, -0.05) is 50.1 Å². The number of aromatic nitrogens is 1. The summed E-state index contributed by atoms with van der Waals surface area (Å²) in [5, 5.41) is 15.9. The lowest BCUT2D eigenvalue weighted by Gasteiger charge is -2.22. The topological polar surface area (TPSA) is 130 Å². The molecule has 1 heterocycles. The van der Waals surface area contributed by atoms with E-state index in [2.05, 4.69) is 15.6 Å². The Balaban J connectivity index is 1.97. The first-order valence-electron chi connectivity index (χ1n) is 9.62. The highest BCUT2D eigenvalue weighted by Gasteiger charge is 2.27. The van der Waals surface area contributed by atoms with Crippen molar-refractivity contribution in [3.05, 3.63) is 52.5 Å². The molecule has 30 heavy (non-hydrogen) atoms. The highest BCUT2D eigenvalue weighted by Crippen LogP contribution is 2.08. The molecule has 3 amide bonds. The van der Waals surface area contributed by atoms with Crippen molar-refractivity contribution in [1.29, 1.82) is 0 Å². The van der Waals surface area contributed by atoms with E-state index in [0.717, 1.165) is 12.0 Å². The second kappa shape index (κ2) is 12.6. The van der Waals surface area contributed by atoms with E-state index in [1.807, 2.05) is 37.3 Å². The highest BCUT2D eigenvalue weighted by atomic mass is 32.1. The lowest BCUT2D eigenvalue weighted by atomic mass is 10.1. The summed E-state index contributed by atoms with van der Waals surface area (Å²) < 4.78 is 5.19. The van der Waals surface area contributed by atoms with Gasteiger partial charge in [-0.3, -0.25) is 14.8 Å². The molecule has 2 unspecified atom stereocenters. The van der Waals surface area contributed by atoms with E-state index < -0.39 is 30.0 Å². The molecule has 0 aliphatic carbocycles. The Labute approximate surface area is 178 Å². The van der Waals surface area contributed by atoms with Gasteiger partial charge in [0.25, 0.3) is 5.91 Å². The molecule has 0 fully saturated rings. The molecule has 0 bridgehead atoms. The summed E-state index contributed by atoms with van der Waals surface area (Å²) in [6, 6.07) is 7.27. The Morgan fingerprint density at radius 1 is 1.13 bits per heavy atom. The molecule has 2 atom stereocenters. The molecule has 10 heteroatoms. The van der Waals surface area contributed by atoms with Crippen LogP contribution < -0.4 is 16.1 Å². The molecule has 2 rings (SSSR count). The normalized spacial score (nSPS) is 12.5. The van der Waals surface area contributed by atoms with E-state index >= 15 is 0 Å². The number of rotatable bonds is 11. The molecule has 9 nitrogen and oxygen atoms in total. The van der Waals surface area contributed by atoms with Crippen LogP contribution in [0.4, 0.5) is 4.79 Å². The van der Waals surface area contributed by atoms with Gasteiger partial charge in [-0.15, -0.1) is 11.3 Å². The van der Waals surface area contributed by atoms with Gasteiger partial charge in [-0.05, 0) is 12.0 Å². The number of thiazole rings is 1. The minimum atomic E-state index is -1.03. The van der Waals surface area contributed by atoms with Crippen molar-refractivity contribution in [2.24, 2.45) is 0 Å². The fourth-order valence-corrected chi connectivity index (χ4v) is 3.26. The van der Waals surface area contributed by atoms with Crippen LogP contribution in [0.3, 0.4) is 0 Å². The van der Waals surface area contributed by atoms with Crippen molar-refractivity contribution in [2.45, 2.75) is 51.3 Å². The van der Waals surface area contributed by atoms with Gasteiger partial charge in [0, 0.05) is 11.8 Å². The van der Waals surface area contributed by atoms with E-state index in [4.69, 9.17) is 9.94 Å². The van der Waals surface area contributed by atoms with Gasteiger partial charge in [0.05, 0.1) is 11.2 Å². The van der Waals surface area contributed by atoms with Crippen molar-refractivity contribution < 1.29 is 24.3 Å². The van der Waals surface area contributed by atoms with Gasteiger partial charge in [0.1, 0.15) is 18.7 Å². The molecule has 0 spiro atoms. The molecule has 0 saturated carbocycles. The number of ether oxygens (including phenoxy) is 1. The van der Waals surface area contributed by atoms with Crippen LogP contribution in [0, 0.1) is 0 Å². The number of amides is 3. The molecule has 0 aliphatic rings. The number of alkyl carbamates (subject to hydrolysis) is 1. The largest absolute Gasteiger partial charge is 0.445 e. The zero-order valence-corrected chi connectivity index (χ0v) is 17.5. The molecule has 0 aliphatic heterocycles. The number of carbonyl (C=O) groups excluding carboxylic acids is 3. The second-order valence-electron chi connectivity index (χ2n) is 6.62. The fourth-order valence-electron chi connectivity index (χ4n) is 2.69. The maximum atomic E-state index is 12.8. The summed E-state index contributed by atoms with van der Waals surface area (Å²) >= 11 is 1.36. The summed E-state index contributed by atoms with van der Waals surface area (Å²) in [5.41, 5.74) is 4.59. The van der Waals surface area contributed by atoms with Gasteiger partial charge in [-0.2, -0.15) is 0 Å². The van der Waals surface area contributed by atoms with Crippen molar-refractivity contribution in [2.75, 3.05) is 0 Å². The monoisotopic (exact) mass is 434 g/mol. The number of hydrogen-bond acceptors (Lipinski definition) is 7. The Morgan fingerprint density at radius 2 is 1.90 bits per heavy atom. The average Bonchev–Trinajstić information content (AvgIpc) is 3.28. The average molecular weight is 435 g/mol. The number of unbranched alkanes of at least 4 members (excludes halogenated alkanes) is 1. The first-order valence-corrected chi connectivity index (χ1v) is 10.6. The highest BCUT2D eigenvalue weighted by molar-refractivity contribution is 7.07. The van der Waals surface area contributed by atoms with Gasteiger partial charge < -0.3 is 15.4 Å². The third-order valence-corrected chi connectivity index (χ3v) is 4.94. The summed E-state index contributed by atoms with van der Waals surface area (Å²) in [4.78, 5) is 41.0. The standard InChI is InChI=1S/C20H26N4O5S/c1-2-3-9-16(23-20(27)29-11-14-7-5-4-6-8-14)18(25)22-17(19(26)24-28)10-15-12-30-13-21-15/h4-8,12-13,16-17,28H,2-3,9-11H2,1H3,(H,22,25)(H,23,27)(H,24,26). The first-order chi connectivity index (χ1) is 14.5. The molecular weight excluding hydrogens is 408 g/mol. The van der Waals surface area contributed by atoms with Crippen LogP contribution >= 0.6 is 11.3 Å². The Hall–Kier alpha value is -2.98. The van der Waals surface area contributed by atoms with Crippen LogP contribution in [0.15, 0.2) is 41.2 Å². The first kappa shape index (κ1) is 23.3. The predicted molar refractivity (Wildman–Crippen MR) is 111 cm³/mol. The van der Waals surface area contributed by atoms with E-state index in [1.165, 1.54) is 11.3 Å². The van der Waals surface area contributed by atoms with E-state index in [-0.39, 0.29) is 13.0 Å².